The van der Waals surface area contributed by atoms with E-state index in [1.54, 1.807) is 0 Å². The van der Waals surface area contributed by atoms with Crippen molar-refractivity contribution in [2.24, 2.45) is 0 Å². The standard InChI is InChI=1S/C17H22N2O3/c20-8-5-17(6-9-22-10-7-17)18-12-14-11-13-3-1-2-4-15(13)19-16(14)21/h1-4,11,18,20H,5-10,12H2,(H,19,21). The molecule has 1 saturated heterocycles. The minimum Gasteiger partial charge on any atom is -0.396 e. The van der Waals surface area contributed by atoms with Crippen LogP contribution in [-0.4, -0.2) is 35.5 Å². The molecular formula is C17H22N2O3. The van der Waals surface area contributed by atoms with Crippen molar-refractivity contribution < 1.29 is 9.84 Å². The number of rotatable bonds is 5. The molecule has 3 rings (SSSR count). The van der Waals surface area contributed by atoms with Gasteiger partial charge in [-0.05, 0) is 36.8 Å². The van der Waals surface area contributed by atoms with Crippen LogP contribution in [0.5, 0.6) is 0 Å². The van der Waals surface area contributed by atoms with Crippen LogP contribution in [-0.2, 0) is 11.3 Å². The third-order valence-corrected chi connectivity index (χ3v) is 4.52. The predicted octanol–water partition coefficient (Wildman–Crippen LogP) is 1.55. The number of nitrogens with one attached hydrogen (secondary N) is 2. The van der Waals surface area contributed by atoms with Gasteiger partial charge in [-0.15, -0.1) is 0 Å². The van der Waals surface area contributed by atoms with Crippen LogP contribution in [0.1, 0.15) is 24.8 Å². The van der Waals surface area contributed by atoms with Gasteiger partial charge in [0.25, 0.3) is 5.56 Å². The largest absolute Gasteiger partial charge is 0.396 e. The minimum absolute atomic E-state index is 0.0580. The predicted molar refractivity (Wildman–Crippen MR) is 85.9 cm³/mol. The highest BCUT2D eigenvalue weighted by atomic mass is 16.5. The monoisotopic (exact) mass is 302 g/mol. The molecule has 2 heterocycles. The molecule has 1 fully saturated rings. The molecule has 0 bridgehead atoms. The van der Waals surface area contributed by atoms with Crippen LogP contribution in [0, 0.1) is 0 Å². The van der Waals surface area contributed by atoms with Crippen molar-refractivity contribution >= 4 is 10.9 Å². The number of hydrogen-bond acceptors (Lipinski definition) is 4. The van der Waals surface area contributed by atoms with Gasteiger partial charge in [-0.1, -0.05) is 18.2 Å². The second kappa shape index (κ2) is 6.60. The average molecular weight is 302 g/mol. The van der Waals surface area contributed by atoms with Gasteiger partial charge in [-0.3, -0.25) is 4.79 Å². The summed E-state index contributed by atoms with van der Waals surface area (Å²) in [5, 5.41) is 13.9. The summed E-state index contributed by atoms with van der Waals surface area (Å²) in [7, 11) is 0. The van der Waals surface area contributed by atoms with Crippen LogP contribution >= 0.6 is 0 Å². The zero-order chi connectivity index (χ0) is 15.4. The molecular weight excluding hydrogens is 280 g/mol. The Balaban J connectivity index is 1.80. The lowest BCUT2D eigenvalue weighted by atomic mass is 9.86. The first-order chi connectivity index (χ1) is 10.7. The van der Waals surface area contributed by atoms with Gasteiger partial charge < -0.3 is 20.1 Å². The highest BCUT2D eigenvalue weighted by molar-refractivity contribution is 5.78. The zero-order valence-corrected chi connectivity index (χ0v) is 12.6. The fraction of sp³-hybridized carbons (Fsp3) is 0.471. The Hall–Kier alpha value is -1.69. The third-order valence-electron chi connectivity index (χ3n) is 4.52. The number of aromatic amines is 1. The van der Waals surface area contributed by atoms with Gasteiger partial charge in [0.15, 0.2) is 0 Å². The summed E-state index contributed by atoms with van der Waals surface area (Å²) < 4.78 is 5.41. The van der Waals surface area contributed by atoms with Crippen LogP contribution in [0.4, 0.5) is 0 Å². The molecule has 1 aliphatic heterocycles. The smallest absolute Gasteiger partial charge is 0.252 e. The van der Waals surface area contributed by atoms with Crippen molar-refractivity contribution in [2.45, 2.75) is 31.3 Å². The third kappa shape index (κ3) is 3.21. The Bertz CT molecular complexity index is 684. The summed E-state index contributed by atoms with van der Waals surface area (Å²) in [5.74, 6) is 0. The van der Waals surface area contributed by atoms with E-state index in [1.165, 1.54) is 0 Å². The first kappa shape index (κ1) is 15.2. The molecule has 3 N–H and O–H groups in total. The number of pyridine rings is 1. The van der Waals surface area contributed by atoms with Crippen LogP contribution < -0.4 is 10.9 Å². The minimum atomic E-state index is -0.134. The number of ether oxygens (including phenoxy) is 1. The summed E-state index contributed by atoms with van der Waals surface area (Å²) in [6.45, 7) is 2.03. The fourth-order valence-corrected chi connectivity index (χ4v) is 3.10. The van der Waals surface area contributed by atoms with Crippen LogP contribution in [0.2, 0.25) is 0 Å². The number of para-hydroxylation sites is 1. The van der Waals surface area contributed by atoms with Crippen molar-refractivity contribution in [3.05, 3.63) is 46.2 Å². The first-order valence-corrected chi connectivity index (χ1v) is 7.77. The van der Waals surface area contributed by atoms with Gasteiger partial charge in [0.2, 0.25) is 0 Å². The second-order valence-electron chi connectivity index (χ2n) is 5.93. The molecule has 0 saturated carbocycles. The first-order valence-electron chi connectivity index (χ1n) is 7.77. The second-order valence-corrected chi connectivity index (χ2v) is 5.93. The molecule has 5 heteroatoms. The number of aromatic nitrogens is 1. The van der Waals surface area contributed by atoms with E-state index in [4.69, 9.17) is 4.74 Å². The topological polar surface area (TPSA) is 74.4 Å². The molecule has 0 unspecified atom stereocenters. The Kier molecular flexibility index (Phi) is 4.57. The van der Waals surface area contributed by atoms with Crippen molar-refractivity contribution in [1.29, 1.82) is 0 Å². The van der Waals surface area contributed by atoms with Crippen molar-refractivity contribution in [1.82, 2.24) is 10.3 Å². The number of aliphatic hydroxyl groups is 1. The number of fused-ring (bicyclic) bond motifs is 1. The van der Waals surface area contributed by atoms with Crippen molar-refractivity contribution in [2.75, 3.05) is 19.8 Å². The van der Waals surface area contributed by atoms with E-state index in [-0.39, 0.29) is 17.7 Å². The SMILES string of the molecule is O=c1[nH]c2ccccc2cc1CNC1(CCO)CCOCC1. The molecule has 1 aliphatic rings. The van der Waals surface area contributed by atoms with Gasteiger partial charge in [0, 0.05) is 43.0 Å². The number of benzene rings is 1. The highest BCUT2D eigenvalue weighted by Crippen LogP contribution is 2.24. The maximum absolute atomic E-state index is 12.2. The fourth-order valence-electron chi connectivity index (χ4n) is 3.10. The van der Waals surface area contributed by atoms with Gasteiger partial charge in [-0.25, -0.2) is 0 Å². The van der Waals surface area contributed by atoms with Crippen LogP contribution in [0.3, 0.4) is 0 Å². The molecule has 118 valence electrons. The van der Waals surface area contributed by atoms with E-state index in [2.05, 4.69) is 10.3 Å². The molecule has 0 aliphatic carbocycles. The molecule has 0 radical (unpaired) electrons. The Morgan fingerprint density at radius 2 is 2.05 bits per heavy atom. The summed E-state index contributed by atoms with van der Waals surface area (Å²) >= 11 is 0. The van der Waals surface area contributed by atoms with Gasteiger partial charge in [-0.2, -0.15) is 0 Å². The van der Waals surface area contributed by atoms with Crippen LogP contribution in [0.15, 0.2) is 35.1 Å². The van der Waals surface area contributed by atoms with E-state index in [9.17, 15) is 9.90 Å². The van der Waals surface area contributed by atoms with Crippen molar-refractivity contribution in [3.8, 4) is 0 Å². The van der Waals surface area contributed by atoms with E-state index in [1.807, 2.05) is 30.3 Å². The molecule has 2 aromatic rings. The van der Waals surface area contributed by atoms with Gasteiger partial charge in [0.1, 0.15) is 0 Å². The maximum Gasteiger partial charge on any atom is 0.252 e. The number of aliphatic hydroxyl groups excluding tert-OH is 1. The van der Waals surface area contributed by atoms with Gasteiger partial charge in [0.05, 0.1) is 0 Å². The molecule has 5 nitrogen and oxygen atoms in total. The Labute approximate surface area is 129 Å². The average Bonchev–Trinajstić information content (AvgIpc) is 2.54. The normalized spacial score (nSPS) is 17.7. The van der Waals surface area contributed by atoms with E-state index < -0.39 is 0 Å². The number of H-pyrrole nitrogens is 1. The summed E-state index contributed by atoms with van der Waals surface area (Å²) in [6, 6.07) is 9.71. The summed E-state index contributed by atoms with van der Waals surface area (Å²) in [6.07, 6.45) is 2.40. The molecule has 0 amide bonds. The number of hydrogen-bond donors (Lipinski definition) is 3. The molecule has 0 spiro atoms. The lowest BCUT2D eigenvalue weighted by Gasteiger charge is -2.38. The maximum atomic E-state index is 12.2. The highest BCUT2D eigenvalue weighted by Gasteiger charge is 2.31. The quantitative estimate of drug-likeness (QED) is 0.783. The molecule has 22 heavy (non-hydrogen) atoms. The Morgan fingerprint density at radius 1 is 1.27 bits per heavy atom. The lowest BCUT2D eigenvalue weighted by Crippen LogP contribution is -2.50. The van der Waals surface area contributed by atoms with E-state index in [0.717, 1.165) is 29.3 Å². The van der Waals surface area contributed by atoms with Crippen molar-refractivity contribution in [3.63, 3.8) is 0 Å². The van der Waals surface area contributed by atoms with E-state index >= 15 is 0 Å². The lowest BCUT2D eigenvalue weighted by molar-refractivity contribution is 0.0267. The van der Waals surface area contributed by atoms with Gasteiger partial charge >= 0.3 is 0 Å². The summed E-state index contributed by atoms with van der Waals surface area (Å²) in [5.41, 5.74) is 1.39. The molecule has 1 aromatic carbocycles. The molecule has 1 aromatic heterocycles. The molecule has 0 atom stereocenters. The Morgan fingerprint density at radius 3 is 2.82 bits per heavy atom. The van der Waals surface area contributed by atoms with E-state index in [0.29, 0.717) is 26.2 Å². The summed E-state index contributed by atoms with van der Waals surface area (Å²) in [4.78, 5) is 15.1. The zero-order valence-electron chi connectivity index (χ0n) is 12.6. The van der Waals surface area contributed by atoms with Crippen LogP contribution in [0.25, 0.3) is 10.9 Å².